The van der Waals surface area contributed by atoms with E-state index < -0.39 is 0 Å². The van der Waals surface area contributed by atoms with Crippen LogP contribution in [-0.2, 0) is 0 Å². The maximum absolute atomic E-state index is 5.31. The molecule has 1 aromatic heterocycles. The van der Waals surface area contributed by atoms with E-state index >= 15 is 0 Å². The number of hydrogen-bond donors (Lipinski definition) is 0. The molecule has 0 aromatic carbocycles. The Balaban J connectivity index is 2.14. The Morgan fingerprint density at radius 1 is 1.21 bits per heavy atom. The van der Waals surface area contributed by atoms with Crippen molar-refractivity contribution in [2.24, 2.45) is 11.8 Å². The van der Waals surface area contributed by atoms with Crippen molar-refractivity contribution in [2.45, 2.75) is 39.7 Å². The van der Waals surface area contributed by atoms with Gasteiger partial charge < -0.3 is 14.3 Å². The molecule has 19 heavy (non-hydrogen) atoms. The summed E-state index contributed by atoms with van der Waals surface area (Å²) < 4.78 is 5.31. The van der Waals surface area contributed by atoms with E-state index in [9.17, 15) is 0 Å². The fraction of sp³-hybridized carbons (Fsp3) is 0.857. The minimum atomic E-state index is 0.286. The Bertz CT molecular complexity index is 397. The van der Waals surface area contributed by atoms with Crippen LogP contribution in [-0.4, -0.2) is 48.3 Å². The van der Waals surface area contributed by atoms with Gasteiger partial charge in [-0.1, -0.05) is 27.7 Å². The standard InChI is InChI=1S/C14H26N4O/c1-9(2)11-7-18(8-12(11)17(5)6)14-15-13(10(3)4)19-16-14/h9-12H,7-8H2,1-6H3/t11-,12+/m0/s1. The van der Waals surface area contributed by atoms with Gasteiger partial charge in [0.1, 0.15) is 0 Å². The van der Waals surface area contributed by atoms with Crippen LogP contribution >= 0.6 is 0 Å². The third kappa shape index (κ3) is 2.91. The molecule has 0 N–H and O–H groups in total. The molecule has 1 aliphatic heterocycles. The molecule has 0 spiro atoms. The van der Waals surface area contributed by atoms with Gasteiger partial charge in [0.05, 0.1) is 0 Å². The first-order chi connectivity index (χ1) is 8.90. The van der Waals surface area contributed by atoms with Gasteiger partial charge >= 0.3 is 0 Å². The van der Waals surface area contributed by atoms with Gasteiger partial charge in [0, 0.05) is 25.0 Å². The van der Waals surface area contributed by atoms with Crippen molar-refractivity contribution in [3.05, 3.63) is 5.89 Å². The van der Waals surface area contributed by atoms with E-state index in [1.165, 1.54) is 0 Å². The molecule has 1 aromatic rings. The van der Waals surface area contributed by atoms with Crippen molar-refractivity contribution < 1.29 is 4.52 Å². The molecule has 2 heterocycles. The summed E-state index contributed by atoms with van der Waals surface area (Å²) in [7, 11) is 4.30. The fourth-order valence-corrected chi connectivity index (χ4v) is 2.77. The van der Waals surface area contributed by atoms with Crippen molar-refractivity contribution in [3.8, 4) is 0 Å². The zero-order chi connectivity index (χ0) is 14.2. The largest absolute Gasteiger partial charge is 0.337 e. The molecule has 2 atom stereocenters. The predicted octanol–water partition coefficient (Wildman–Crippen LogP) is 2.22. The molecule has 0 bridgehead atoms. The highest BCUT2D eigenvalue weighted by Crippen LogP contribution is 2.30. The van der Waals surface area contributed by atoms with Crippen molar-refractivity contribution in [1.82, 2.24) is 15.0 Å². The van der Waals surface area contributed by atoms with Gasteiger partial charge in [0.2, 0.25) is 5.89 Å². The van der Waals surface area contributed by atoms with Crippen molar-refractivity contribution >= 4 is 5.95 Å². The third-order valence-electron chi connectivity index (χ3n) is 4.06. The van der Waals surface area contributed by atoms with E-state index in [1.807, 2.05) is 0 Å². The molecule has 1 fully saturated rings. The van der Waals surface area contributed by atoms with E-state index in [1.54, 1.807) is 0 Å². The molecular formula is C14H26N4O. The summed E-state index contributed by atoms with van der Waals surface area (Å²) in [5.74, 6) is 3.07. The minimum Gasteiger partial charge on any atom is -0.337 e. The van der Waals surface area contributed by atoms with Crippen LogP contribution in [0.2, 0.25) is 0 Å². The summed E-state index contributed by atoms with van der Waals surface area (Å²) >= 11 is 0. The average Bonchev–Trinajstić information content (AvgIpc) is 2.95. The second-order valence-electron chi connectivity index (χ2n) is 6.43. The van der Waals surface area contributed by atoms with Crippen LogP contribution in [0.4, 0.5) is 5.95 Å². The number of aromatic nitrogens is 2. The summed E-state index contributed by atoms with van der Waals surface area (Å²) in [6.07, 6.45) is 0. The molecule has 2 rings (SSSR count). The second-order valence-corrected chi connectivity index (χ2v) is 6.43. The molecule has 0 amide bonds. The van der Waals surface area contributed by atoms with Crippen molar-refractivity contribution in [1.29, 1.82) is 0 Å². The van der Waals surface area contributed by atoms with Gasteiger partial charge in [-0.2, -0.15) is 4.98 Å². The van der Waals surface area contributed by atoms with Crippen molar-refractivity contribution in [2.75, 3.05) is 32.1 Å². The van der Waals surface area contributed by atoms with Gasteiger partial charge in [0.25, 0.3) is 5.95 Å². The molecule has 0 unspecified atom stereocenters. The molecule has 0 saturated carbocycles. The maximum atomic E-state index is 5.31. The first-order valence-corrected chi connectivity index (χ1v) is 7.15. The summed E-state index contributed by atoms with van der Waals surface area (Å²) in [4.78, 5) is 9.08. The number of anilines is 1. The Morgan fingerprint density at radius 2 is 1.89 bits per heavy atom. The minimum absolute atomic E-state index is 0.286. The van der Waals surface area contributed by atoms with Crippen LogP contribution in [0.5, 0.6) is 0 Å². The number of rotatable bonds is 4. The van der Waals surface area contributed by atoms with E-state index in [0.29, 0.717) is 17.9 Å². The zero-order valence-electron chi connectivity index (χ0n) is 12.9. The SMILES string of the molecule is CC(C)c1nc(N2C[C@@H](N(C)C)[C@H](C(C)C)C2)no1. The lowest BCUT2D eigenvalue weighted by Gasteiger charge is -2.27. The first-order valence-electron chi connectivity index (χ1n) is 7.15. The fourth-order valence-electron chi connectivity index (χ4n) is 2.77. The van der Waals surface area contributed by atoms with Crippen molar-refractivity contribution in [3.63, 3.8) is 0 Å². The van der Waals surface area contributed by atoms with Gasteiger partial charge in [-0.3, -0.25) is 0 Å². The van der Waals surface area contributed by atoms with Crippen LogP contribution in [0.25, 0.3) is 0 Å². The molecule has 1 aliphatic rings. The molecular weight excluding hydrogens is 240 g/mol. The number of nitrogens with zero attached hydrogens (tertiary/aromatic N) is 4. The van der Waals surface area contributed by atoms with Crippen LogP contribution in [0.1, 0.15) is 39.5 Å². The highest BCUT2D eigenvalue weighted by atomic mass is 16.5. The highest BCUT2D eigenvalue weighted by molar-refractivity contribution is 5.32. The number of likely N-dealkylation sites (N-methyl/N-ethyl adjacent to an activating group) is 1. The normalized spacial score (nSPS) is 24.2. The van der Waals surface area contributed by atoms with Crippen LogP contribution in [0.15, 0.2) is 4.52 Å². The molecule has 5 nitrogen and oxygen atoms in total. The highest BCUT2D eigenvalue weighted by Gasteiger charge is 2.37. The molecule has 108 valence electrons. The smallest absolute Gasteiger partial charge is 0.266 e. The van der Waals surface area contributed by atoms with Gasteiger partial charge in [0.15, 0.2) is 0 Å². The lowest BCUT2D eigenvalue weighted by molar-refractivity contribution is 0.216. The Kier molecular flexibility index (Phi) is 4.13. The monoisotopic (exact) mass is 266 g/mol. The van der Waals surface area contributed by atoms with Crippen LogP contribution in [0.3, 0.4) is 0 Å². The Morgan fingerprint density at radius 3 is 2.32 bits per heavy atom. The second kappa shape index (κ2) is 5.49. The van der Waals surface area contributed by atoms with E-state index in [-0.39, 0.29) is 5.92 Å². The molecule has 1 saturated heterocycles. The summed E-state index contributed by atoms with van der Waals surface area (Å²) in [5.41, 5.74) is 0. The lowest BCUT2D eigenvalue weighted by atomic mass is 9.91. The summed E-state index contributed by atoms with van der Waals surface area (Å²) in [6, 6.07) is 0.556. The Hall–Kier alpha value is -1.10. The quantitative estimate of drug-likeness (QED) is 0.836. The van der Waals surface area contributed by atoms with E-state index in [4.69, 9.17) is 4.52 Å². The zero-order valence-corrected chi connectivity index (χ0v) is 12.9. The van der Waals surface area contributed by atoms with E-state index in [2.05, 4.69) is 61.7 Å². The predicted molar refractivity (Wildman–Crippen MR) is 76.4 cm³/mol. The summed E-state index contributed by atoms with van der Waals surface area (Å²) in [6.45, 7) is 10.7. The number of hydrogen-bond acceptors (Lipinski definition) is 5. The van der Waals surface area contributed by atoms with Gasteiger partial charge in [-0.05, 0) is 31.1 Å². The maximum Gasteiger partial charge on any atom is 0.266 e. The van der Waals surface area contributed by atoms with Gasteiger partial charge in [-0.25, -0.2) is 0 Å². The molecule has 0 radical (unpaired) electrons. The molecule has 5 heteroatoms. The summed E-state index contributed by atoms with van der Waals surface area (Å²) in [5, 5.41) is 4.13. The van der Waals surface area contributed by atoms with Crippen LogP contribution in [0, 0.1) is 11.8 Å². The van der Waals surface area contributed by atoms with Gasteiger partial charge in [-0.15, -0.1) is 0 Å². The Labute approximate surface area is 116 Å². The average molecular weight is 266 g/mol. The molecule has 0 aliphatic carbocycles. The first kappa shape index (κ1) is 14.3. The topological polar surface area (TPSA) is 45.4 Å². The third-order valence-corrected chi connectivity index (χ3v) is 4.06. The lowest BCUT2D eigenvalue weighted by Crippen LogP contribution is -2.37. The van der Waals surface area contributed by atoms with Crippen LogP contribution < -0.4 is 4.90 Å². The van der Waals surface area contributed by atoms with E-state index in [0.717, 1.165) is 24.9 Å².